The first kappa shape index (κ1) is 18.6. The van der Waals surface area contributed by atoms with Crippen LogP contribution in [0.3, 0.4) is 0 Å². The van der Waals surface area contributed by atoms with E-state index in [-0.39, 0.29) is 10.8 Å². The Morgan fingerprint density at radius 2 is 2.12 bits per heavy atom. The van der Waals surface area contributed by atoms with Crippen LogP contribution in [0.4, 0.5) is 5.69 Å². The van der Waals surface area contributed by atoms with Gasteiger partial charge in [-0.15, -0.1) is 11.3 Å². The Labute approximate surface area is 157 Å². The Morgan fingerprint density at radius 1 is 1.23 bits per heavy atom. The monoisotopic (exact) mass is 391 g/mol. The number of carbonyl (C=O) groups is 1. The maximum Gasteiger partial charge on any atom is 0.262 e. The van der Waals surface area contributed by atoms with Gasteiger partial charge in [0.1, 0.15) is 5.84 Å². The Hall–Kier alpha value is -2.19. The molecule has 2 N–H and O–H groups in total. The van der Waals surface area contributed by atoms with E-state index in [0.717, 1.165) is 19.3 Å². The average Bonchev–Trinajstić information content (AvgIpc) is 3.29. The Balaban J connectivity index is 1.57. The lowest BCUT2D eigenvalue weighted by Crippen LogP contribution is -2.29. The molecule has 2 heterocycles. The smallest absolute Gasteiger partial charge is 0.262 e. The second kappa shape index (κ2) is 8.46. The molecule has 1 amide bonds. The van der Waals surface area contributed by atoms with Crippen LogP contribution < -0.4 is 10.0 Å². The van der Waals surface area contributed by atoms with Gasteiger partial charge in [-0.3, -0.25) is 14.5 Å². The first-order valence-corrected chi connectivity index (χ1v) is 10.9. The molecule has 1 aliphatic heterocycles. The zero-order valence-electron chi connectivity index (χ0n) is 14.3. The summed E-state index contributed by atoms with van der Waals surface area (Å²) in [5, 5.41) is 4.79. The molecule has 0 atom stereocenters. The molecule has 0 radical (unpaired) electrons. The van der Waals surface area contributed by atoms with Gasteiger partial charge in [0.15, 0.2) is 0 Å². The van der Waals surface area contributed by atoms with Crippen molar-refractivity contribution in [2.75, 3.05) is 11.9 Å². The number of nitrogens with one attached hydrogen (secondary N) is 2. The third-order valence-electron chi connectivity index (χ3n) is 3.96. The summed E-state index contributed by atoms with van der Waals surface area (Å²) >= 11 is 1.68. The molecule has 2 aromatic rings. The van der Waals surface area contributed by atoms with Crippen LogP contribution in [0.5, 0.6) is 0 Å². The molecule has 0 saturated heterocycles. The normalized spacial score (nSPS) is 14.1. The van der Waals surface area contributed by atoms with Gasteiger partial charge in [0.2, 0.25) is 5.91 Å². The minimum Gasteiger partial charge on any atom is -0.326 e. The quantitative estimate of drug-likeness (QED) is 0.760. The van der Waals surface area contributed by atoms with Gasteiger partial charge in [-0.1, -0.05) is 12.1 Å². The number of rotatable bonds is 7. The summed E-state index contributed by atoms with van der Waals surface area (Å²) in [5.41, 5.74) is 0.474. The molecular formula is C18H21N3O3S2. The highest BCUT2D eigenvalue weighted by molar-refractivity contribution is 7.90. The van der Waals surface area contributed by atoms with Crippen molar-refractivity contribution in [1.82, 2.24) is 4.72 Å². The minimum atomic E-state index is -3.68. The molecular weight excluding hydrogens is 370 g/mol. The third-order valence-corrected chi connectivity index (χ3v) is 6.28. The van der Waals surface area contributed by atoms with Crippen molar-refractivity contribution in [3.05, 3.63) is 46.7 Å². The number of amides is 1. The average molecular weight is 392 g/mol. The van der Waals surface area contributed by atoms with Gasteiger partial charge in [-0.2, -0.15) is 0 Å². The van der Waals surface area contributed by atoms with Gasteiger partial charge < -0.3 is 5.32 Å². The van der Waals surface area contributed by atoms with Gasteiger partial charge in [0.05, 0.1) is 4.90 Å². The molecule has 0 saturated carbocycles. The number of thiophene rings is 1. The summed E-state index contributed by atoms with van der Waals surface area (Å²) in [6.07, 6.45) is 3.51. The van der Waals surface area contributed by atoms with Crippen LogP contribution in [-0.4, -0.2) is 26.7 Å². The largest absolute Gasteiger partial charge is 0.326 e. The molecule has 1 aliphatic rings. The molecule has 1 aromatic heterocycles. The second-order valence-electron chi connectivity index (χ2n) is 6.05. The van der Waals surface area contributed by atoms with Crippen LogP contribution in [0.15, 0.2) is 51.7 Å². The Morgan fingerprint density at radius 3 is 2.85 bits per heavy atom. The van der Waals surface area contributed by atoms with Crippen molar-refractivity contribution < 1.29 is 13.2 Å². The fourth-order valence-electron chi connectivity index (χ4n) is 2.68. The number of aliphatic imine (C=N–C) groups is 1. The van der Waals surface area contributed by atoms with Gasteiger partial charge in [-0.25, -0.2) is 8.42 Å². The van der Waals surface area contributed by atoms with E-state index in [9.17, 15) is 13.2 Å². The fraction of sp³-hybridized carbons (Fsp3) is 0.333. The van der Waals surface area contributed by atoms with Gasteiger partial charge >= 0.3 is 0 Å². The van der Waals surface area contributed by atoms with Crippen LogP contribution in [0.2, 0.25) is 0 Å². The van der Waals surface area contributed by atoms with Crippen molar-refractivity contribution in [2.24, 2.45) is 4.99 Å². The highest BCUT2D eigenvalue weighted by Gasteiger charge is 2.18. The van der Waals surface area contributed by atoms with Gasteiger partial charge in [-0.05, 0) is 48.9 Å². The first-order valence-electron chi connectivity index (χ1n) is 8.51. The minimum absolute atomic E-state index is 0.114. The van der Waals surface area contributed by atoms with Crippen LogP contribution in [0.25, 0.3) is 0 Å². The van der Waals surface area contributed by atoms with Crippen molar-refractivity contribution in [2.45, 2.75) is 37.0 Å². The lowest BCUT2D eigenvalue weighted by Gasteiger charge is -2.10. The summed E-state index contributed by atoms with van der Waals surface area (Å²) in [5.74, 6) is 0.372. The van der Waals surface area contributed by atoms with Crippen molar-refractivity contribution in [3.8, 4) is 0 Å². The van der Waals surface area contributed by atoms with Crippen LogP contribution in [-0.2, 0) is 21.2 Å². The van der Waals surface area contributed by atoms with E-state index in [2.05, 4.69) is 21.1 Å². The molecule has 0 unspecified atom stereocenters. The molecule has 0 fully saturated rings. The number of amidine groups is 1. The molecule has 0 aliphatic carbocycles. The van der Waals surface area contributed by atoms with Crippen LogP contribution >= 0.6 is 11.3 Å². The molecule has 3 rings (SSSR count). The van der Waals surface area contributed by atoms with E-state index in [1.54, 1.807) is 23.5 Å². The number of hydrogen-bond acceptors (Lipinski definition) is 5. The van der Waals surface area contributed by atoms with E-state index in [0.29, 0.717) is 30.9 Å². The lowest BCUT2D eigenvalue weighted by atomic mass is 10.2. The van der Waals surface area contributed by atoms with Gasteiger partial charge in [0.25, 0.3) is 10.0 Å². The number of nitrogens with zero attached hydrogens (tertiary/aromatic N) is 1. The zero-order chi connectivity index (χ0) is 18.4. The summed E-state index contributed by atoms with van der Waals surface area (Å²) in [6, 6.07) is 10.3. The number of sulfonamides is 1. The van der Waals surface area contributed by atoms with Crippen molar-refractivity contribution in [3.63, 3.8) is 0 Å². The molecule has 1 aromatic carbocycles. The van der Waals surface area contributed by atoms with E-state index < -0.39 is 10.0 Å². The second-order valence-corrected chi connectivity index (χ2v) is 8.76. The number of aryl methyl sites for hydroxylation is 1. The van der Waals surface area contributed by atoms with Gasteiger partial charge in [0, 0.05) is 30.0 Å². The number of carbonyl (C=O) groups excluding carboxylic acids is 1. The summed E-state index contributed by atoms with van der Waals surface area (Å²) in [6.45, 7) is 0.652. The van der Waals surface area contributed by atoms with Crippen LogP contribution in [0, 0.1) is 0 Å². The van der Waals surface area contributed by atoms with E-state index >= 15 is 0 Å². The molecule has 6 nitrogen and oxygen atoms in total. The van der Waals surface area contributed by atoms with Crippen molar-refractivity contribution >= 4 is 38.8 Å². The molecule has 26 heavy (non-hydrogen) atoms. The topological polar surface area (TPSA) is 87.6 Å². The highest BCUT2D eigenvalue weighted by atomic mass is 32.2. The third kappa shape index (κ3) is 5.15. The predicted molar refractivity (Wildman–Crippen MR) is 104 cm³/mol. The molecule has 0 spiro atoms. The summed E-state index contributed by atoms with van der Waals surface area (Å²) < 4.78 is 27.4. The highest BCUT2D eigenvalue weighted by Crippen LogP contribution is 2.17. The molecule has 8 heteroatoms. The molecule has 138 valence electrons. The summed E-state index contributed by atoms with van der Waals surface area (Å²) in [7, 11) is -3.68. The summed E-state index contributed by atoms with van der Waals surface area (Å²) in [4.78, 5) is 17.6. The fourth-order valence-corrected chi connectivity index (χ4v) is 4.57. The van der Waals surface area contributed by atoms with E-state index in [1.165, 1.54) is 17.0 Å². The van der Waals surface area contributed by atoms with E-state index in [1.807, 2.05) is 11.4 Å². The first-order chi connectivity index (χ1) is 12.5. The standard InChI is InChI=1S/C18H21N3O3S2/c22-18(10-2-6-15-7-4-12-25-15)20-14-5-1-8-16(13-14)26(23,24)21-17-9-3-11-19-17/h1,4-5,7-8,12-13H,2-3,6,9-11H2,(H,19,21)(H,20,22). The van der Waals surface area contributed by atoms with E-state index in [4.69, 9.17) is 0 Å². The number of hydrogen-bond donors (Lipinski definition) is 2. The SMILES string of the molecule is O=C(CCCc1cccs1)Nc1cccc(S(=O)(=O)NC2=NCCC2)c1. The lowest BCUT2D eigenvalue weighted by molar-refractivity contribution is -0.116. The van der Waals surface area contributed by atoms with Crippen LogP contribution in [0.1, 0.15) is 30.6 Å². The predicted octanol–water partition coefficient (Wildman–Crippen LogP) is 3.18. The zero-order valence-corrected chi connectivity index (χ0v) is 15.9. The maximum atomic E-state index is 12.4. The Bertz CT molecular complexity index is 890. The maximum absolute atomic E-state index is 12.4. The number of anilines is 1. The Kier molecular flexibility index (Phi) is 6.05. The number of benzene rings is 1. The molecule has 0 bridgehead atoms. The van der Waals surface area contributed by atoms with Crippen molar-refractivity contribution in [1.29, 1.82) is 0 Å².